The Kier molecular flexibility index (Phi) is 4.21. The molecule has 21 heavy (non-hydrogen) atoms. The van der Waals surface area contributed by atoms with Crippen molar-refractivity contribution in [2.24, 2.45) is 0 Å². The smallest absolute Gasteiger partial charge is 0.269 e. The van der Waals surface area contributed by atoms with Crippen LogP contribution in [0, 0.1) is 0 Å². The predicted molar refractivity (Wildman–Crippen MR) is 87.6 cm³/mol. The van der Waals surface area contributed by atoms with E-state index < -0.39 is 0 Å². The minimum atomic E-state index is -0.285. The molecule has 106 valence electrons. The van der Waals surface area contributed by atoms with Crippen LogP contribution in [-0.4, -0.2) is 15.5 Å². The van der Waals surface area contributed by atoms with E-state index >= 15 is 0 Å². The summed E-state index contributed by atoms with van der Waals surface area (Å²) >= 11 is 14.4. The highest BCUT2D eigenvalue weighted by Crippen LogP contribution is 2.29. The van der Waals surface area contributed by atoms with E-state index in [1.54, 1.807) is 18.2 Å². The fourth-order valence-electron chi connectivity index (χ4n) is 1.73. The third kappa shape index (κ3) is 3.24. The second-order valence-electron chi connectivity index (χ2n) is 4.04. The number of hydrogen-bond donors (Lipinski definition) is 1. The zero-order valence-electron chi connectivity index (χ0n) is 10.3. The van der Waals surface area contributed by atoms with E-state index in [9.17, 15) is 4.79 Å². The molecule has 0 saturated carbocycles. The van der Waals surface area contributed by atoms with Crippen LogP contribution >= 0.6 is 46.1 Å². The summed E-state index contributed by atoms with van der Waals surface area (Å²) in [6.45, 7) is 0. The Morgan fingerprint density at radius 3 is 2.62 bits per heavy atom. The van der Waals surface area contributed by atoms with Gasteiger partial charge in [-0.2, -0.15) is 0 Å². The molecule has 1 aromatic carbocycles. The average molecular weight is 356 g/mol. The third-order valence-corrected chi connectivity index (χ3v) is 4.61. The standard InChI is InChI=1S/C13H7Cl2N3OS2/c14-7-4-8(15)6-9(5-7)16-13(19)12-11(17-18-21-12)10-2-1-3-20-10/h1-6H,(H,16,19). The number of carbonyl (C=O) groups excluding carboxylic acids is 1. The van der Waals surface area contributed by atoms with Crippen molar-refractivity contribution in [1.82, 2.24) is 9.59 Å². The molecule has 0 aliphatic carbocycles. The second kappa shape index (κ2) is 6.11. The van der Waals surface area contributed by atoms with Gasteiger partial charge in [-0.15, -0.1) is 16.4 Å². The molecule has 3 rings (SSSR count). The maximum absolute atomic E-state index is 12.4. The van der Waals surface area contributed by atoms with Gasteiger partial charge >= 0.3 is 0 Å². The van der Waals surface area contributed by atoms with Gasteiger partial charge in [-0.05, 0) is 41.2 Å². The lowest BCUT2D eigenvalue weighted by Crippen LogP contribution is -2.11. The number of nitrogens with one attached hydrogen (secondary N) is 1. The van der Waals surface area contributed by atoms with E-state index in [1.807, 2.05) is 17.5 Å². The third-order valence-electron chi connectivity index (χ3n) is 2.57. The maximum atomic E-state index is 12.4. The molecule has 0 spiro atoms. The van der Waals surface area contributed by atoms with Crippen LogP contribution in [0.15, 0.2) is 35.7 Å². The zero-order valence-corrected chi connectivity index (χ0v) is 13.5. The fraction of sp³-hybridized carbons (Fsp3) is 0. The summed E-state index contributed by atoms with van der Waals surface area (Å²) in [4.78, 5) is 13.7. The normalized spacial score (nSPS) is 10.6. The van der Waals surface area contributed by atoms with Crippen molar-refractivity contribution in [1.29, 1.82) is 0 Å². The molecule has 2 heterocycles. The molecule has 0 atom stereocenters. The molecule has 0 unspecified atom stereocenters. The van der Waals surface area contributed by atoms with Crippen molar-refractivity contribution < 1.29 is 4.79 Å². The van der Waals surface area contributed by atoms with E-state index in [0.29, 0.717) is 26.3 Å². The van der Waals surface area contributed by atoms with Crippen molar-refractivity contribution in [3.63, 3.8) is 0 Å². The van der Waals surface area contributed by atoms with E-state index in [0.717, 1.165) is 16.4 Å². The van der Waals surface area contributed by atoms with Crippen LogP contribution in [0.5, 0.6) is 0 Å². The van der Waals surface area contributed by atoms with Gasteiger partial charge in [0.25, 0.3) is 5.91 Å². The number of halogens is 2. The molecule has 1 amide bonds. The Bertz CT molecular complexity index is 766. The van der Waals surface area contributed by atoms with Gasteiger partial charge in [-0.1, -0.05) is 33.8 Å². The Morgan fingerprint density at radius 2 is 1.95 bits per heavy atom. The van der Waals surface area contributed by atoms with Crippen molar-refractivity contribution in [3.05, 3.63) is 50.6 Å². The van der Waals surface area contributed by atoms with Gasteiger partial charge < -0.3 is 5.32 Å². The monoisotopic (exact) mass is 355 g/mol. The molecule has 1 N–H and O–H groups in total. The minimum Gasteiger partial charge on any atom is -0.321 e. The molecule has 0 aliphatic rings. The minimum absolute atomic E-state index is 0.285. The fourth-order valence-corrected chi connectivity index (χ4v) is 3.61. The highest BCUT2D eigenvalue weighted by atomic mass is 35.5. The Labute approximate surface area is 138 Å². The zero-order chi connectivity index (χ0) is 14.8. The first-order valence-electron chi connectivity index (χ1n) is 5.77. The molecular weight excluding hydrogens is 349 g/mol. The lowest BCUT2D eigenvalue weighted by Gasteiger charge is -2.05. The van der Waals surface area contributed by atoms with Crippen LogP contribution in [0.2, 0.25) is 10.0 Å². The summed E-state index contributed by atoms with van der Waals surface area (Å²) in [5.74, 6) is -0.285. The quantitative estimate of drug-likeness (QED) is 0.732. The summed E-state index contributed by atoms with van der Waals surface area (Å²) in [6, 6.07) is 8.66. The van der Waals surface area contributed by atoms with Gasteiger partial charge in [0.15, 0.2) is 0 Å². The van der Waals surface area contributed by atoms with Gasteiger partial charge in [-0.3, -0.25) is 4.79 Å². The Morgan fingerprint density at radius 1 is 1.19 bits per heavy atom. The van der Waals surface area contributed by atoms with Gasteiger partial charge in [0, 0.05) is 15.7 Å². The number of benzene rings is 1. The summed E-state index contributed by atoms with van der Waals surface area (Å²) < 4.78 is 3.86. The first-order chi connectivity index (χ1) is 10.1. The average Bonchev–Trinajstić information content (AvgIpc) is 3.08. The van der Waals surface area contributed by atoms with E-state index in [-0.39, 0.29) is 5.91 Å². The largest absolute Gasteiger partial charge is 0.321 e. The highest BCUT2D eigenvalue weighted by molar-refractivity contribution is 7.14. The number of carbonyl (C=O) groups is 1. The van der Waals surface area contributed by atoms with Crippen LogP contribution in [0.25, 0.3) is 10.6 Å². The molecule has 4 nitrogen and oxygen atoms in total. The lowest BCUT2D eigenvalue weighted by molar-refractivity contribution is 0.103. The Balaban J connectivity index is 1.88. The van der Waals surface area contributed by atoms with Crippen molar-refractivity contribution in [2.45, 2.75) is 0 Å². The van der Waals surface area contributed by atoms with Crippen LogP contribution in [0.3, 0.4) is 0 Å². The summed E-state index contributed by atoms with van der Waals surface area (Å²) in [5, 5.41) is 9.62. The summed E-state index contributed by atoms with van der Waals surface area (Å²) in [6.07, 6.45) is 0. The molecule has 0 saturated heterocycles. The molecule has 2 aromatic heterocycles. The van der Waals surface area contributed by atoms with Crippen molar-refractivity contribution in [2.75, 3.05) is 5.32 Å². The first kappa shape index (κ1) is 14.5. The summed E-state index contributed by atoms with van der Waals surface area (Å²) in [7, 11) is 0. The van der Waals surface area contributed by atoms with Gasteiger partial charge in [0.05, 0.1) is 4.88 Å². The Hall–Kier alpha value is -1.47. The van der Waals surface area contributed by atoms with Gasteiger partial charge in [-0.25, -0.2) is 0 Å². The topological polar surface area (TPSA) is 54.9 Å². The van der Waals surface area contributed by atoms with Gasteiger partial charge in [0.1, 0.15) is 10.6 Å². The SMILES string of the molecule is O=C(Nc1cc(Cl)cc(Cl)c1)c1snnc1-c1cccs1. The molecular formula is C13H7Cl2N3OS2. The number of hydrogen-bond acceptors (Lipinski definition) is 5. The molecule has 8 heteroatoms. The van der Waals surface area contributed by atoms with Crippen LogP contribution in [0.4, 0.5) is 5.69 Å². The number of rotatable bonds is 3. The predicted octanol–water partition coefficient (Wildman–Crippen LogP) is 4.83. The van der Waals surface area contributed by atoms with Crippen LogP contribution < -0.4 is 5.32 Å². The van der Waals surface area contributed by atoms with Crippen LogP contribution in [0.1, 0.15) is 9.67 Å². The van der Waals surface area contributed by atoms with Crippen molar-refractivity contribution in [3.8, 4) is 10.6 Å². The van der Waals surface area contributed by atoms with Crippen LogP contribution in [-0.2, 0) is 0 Å². The number of nitrogens with zero attached hydrogens (tertiary/aromatic N) is 2. The van der Waals surface area contributed by atoms with Crippen molar-refractivity contribution >= 4 is 57.7 Å². The van der Waals surface area contributed by atoms with Gasteiger partial charge in [0.2, 0.25) is 0 Å². The summed E-state index contributed by atoms with van der Waals surface area (Å²) in [5.41, 5.74) is 1.11. The van der Waals surface area contributed by atoms with E-state index in [1.165, 1.54) is 11.3 Å². The molecule has 0 radical (unpaired) electrons. The lowest BCUT2D eigenvalue weighted by atomic mass is 10.2. The molecule has 3 aromatic rings. The van der Waals surface area contributed by atoms with E-state index in [2.05, 4.69) is 14.9 Å². The molecule has 0 fully saturated rings. The van der Waals surface area contributed by atoms with E-state index in [4.69, 9.17) is 23.2 Å². The number of anilines is 1. The highest BCUT2D eigenvalue weighted by Gasteiger charge is 2.18. The molecule has 0 bridgehead atoms. The number of thiophene rings is 1. The second-order valence-corrected chi connectivity index (χ2v) is 6.61. The number of aromatic nitrogens is 2. The molecule has 0 aliphatic heterocycles. The maximum Gasteiger partial charge on any atom is 0.269 e. The number of amides is 1. The first-order valence-corrected chi connectivity index (χ1v) is 8.18.